The monoisotopic (exact) mass is 205 g/mol. The number of hydrogen-bond donors (Lipinski definition) is 2. The Morgan fingerprint density at radius 1 is 1.40 bits per heavy atom. The molecule has 1 amide bonds. The number of amides is 1. The molecule has 0 bridgehead atoms. The number of hydrogen-bond acceptors (Lipinski definition) is 3. The molecule has 0 aliphatic carbocycles. The minimum Gasteiger partial charge on any atom is -0.398 e. The van der Waals surface area contributed by atoms with Gasteiger partial charge < -0.3 is 16.4 Å². The minimum absolute atomic E-state index is 0.0129. The molecule has 2 rings (SSSR count). The van der Waals surface area contributed by atoms with Crippen molar-refractivity contribution in [2.75, 3.05) is 18.8 Å². The van der Waals surface area contributed by atoms with Crippen molar-refractivity contribution in [3.05, 3.63) is 29.8 Å². The van der Waals surface area contributed by atoms with Crippen LogP contribution < -0.4 is 11.5 Å². The molecule has 4 heteroatoms. The maximum Gasteiger partial charge on any atom is 0.255 e. The van der Waals surface area contributed by atoms with Crippen molar-refractivity contribution in [1.29, 1.82) is 0 Å². The van der Waals surface area contributed by atoms with E-state index < -0.39 is 0 Å². The molecule has 0 aromatic heterocycles. The molecular weight excluding hydrogens is 190 g/mol. The predicted octanol–water partition coefficient (Wildman–Crippen LogP) is 0.442. The van der Waals surface area contributed by atoms with Crippen LogP contribution in [0, 0.1) is 0 Å². The van der Waals surface area contributed by atoms with E-state index in [1.54, 1.807) is 17.0 Å². The molecule has 4 nitrogen and oxygen atoms in total. The minimum atomic E-state index is -0.0129. The normalized spacial score (nSPS) is 20.6. The van der Waals surface area contributed by atoms with Crippen LogP contribution in [-0.4, -0.2) is 29.9 Å². The van der Waals surface area contributed by atoms with Gasteiger partial charge in [0.2, 0.25) is 0 Å². The topological polar surface area (TPSA) is 72.4 Å². The fourth-order valence-electron chi connectivity index (χ4n) is 1.83. The van der Waals surface area contributed by atoms with E-state index >= 15 is 0 Å². The molecule has 15 heavy (non-hydrogen) atoms. The maximum absolute atomic E-state index is 12.0. The molecule has 1 atom stereocenters. The number of para-hydroxylation sites is 1. The molecule has 1 unspecified atom stereocenters. The maximum atomic E-state index is 12.0. The average molecular weight is 205 g/mol. The summed E-state index contributed by atoms with van der Waals surface area (Å²) in [7, 11) is 0. The molecule has 1 heterocycles. The zero-order chi connectivity index (χ0) is 10.8. The predicted molar refractivity (Wildman–Crippen MR) is 59.4 cm³/mol. The molecule has 4 N–H and O–H groups in total. The fraction of sp³-hybridized carbons (Fsp3) is 0.364. The Labute approximate surface area is 88.9 Å². The second kappa shape index (κ2) is 3.90. The molecule has 1 aromatic rings. The van der Waals surface area contributed by atoms with Crippen LogP contribution in [0.1, 0.15) is 16.8 Å². The Balaban J connectivity index is 2.18. The summed E-state index contributed by atoms with van der Waals surface area (Å²) in [5.41, 5.74) is 12.6. The van der Waals surface area contributed by atoms with Crippen molar-refractivity contribution in [2.45, 2.75) is 12.5 Å². The average Bonchev–Trinajstić information content (AvgIpc) is 2.65. The van der Waals surface area contributed by atoms with Gasteiger partial charge in [0.25, 0.3) is 5.91 Å². The lowest BCUT2D eigenvalue weighted by Gasteiger charge is -2.16. The first kappa shape index (κ1) is 9.98. The van der Waals surface area contributed by atoms with Crippen molar-refractivity contribution in [3.8, 4) is 0 Å². The van der Waals surface area contributed by atoms with Crippen molar-refractivity contribution < 1.29 is 4.79 Å². The standard InChI is InChI=1S/C11H15N3O/c12-8-5-6-14(7-8)11(15)9-3-1-2-4-10(9)13/h1-4,8H,5-7,12-13H2. The largest absolute Gasteiger partial charge is 0.398 e. The highest BCUT2D eigenvalue weighted by Crippen LogP contribution is 2.16. The van der Waals surface area contributed by atoms with Crippen LogP contribution in [0.4, 0.5) is 5.69 Å². The van der Waals surface area contributed by atoms with Gasteiger partial charge in [0.15, 0.2) is 0 Å². The van der Waals surface area contributed by atoms with Crippen molar-refractivity contribution in [3.63, 3.8) is 0 Å². The molecule has 0 radical (unpaired) electrons. The molecule has 1 saturated heterocycles. The summed E-state index contributed by atoms with van der Waals surface area (Å²) in [6.07, 6.45) is 0.873. The summed E-state index contributed by atoms with van der Waals surface area (Å²) in [4.78, 5) is 13.8. The van der Waals surface area contributed by atoms with Crippen LogP contribution in [0.25, 0.3) is 0 Å². The lowest BCUT2D eigenvalue weighted by molar-refractivity contribution is 0.0792. The van der Waals surface area contributed by atoms with Crippen LogP contribution in [-0.2, 0) is 0 Å². The zero-order valence-corrected chi connectivity index (χ0v) is 8.52. The summed E-state index contributed by atoms with van der Waals surface area (Å²) in [6, 6.07) is 7.24. The number of carbonyl (C=O) groups is 1. The van der Waals surface area contributed by atoms with E-state index in [-0.39, 0.29) is 11.9 Å². The van der Waals surface area contributed by atoms with Gasteiger partial charge in [0.05, 0.1) is 5.56 Å². The van der Waals surface area contributed by atoms with E-state index in [0.717, 1.165) is 13.0 Å². The van der Waals surface area contributed by atoms with Crippen LogP contribution in [0.5, 0.6) is 0 Å². The molecule has 1 fully saturated rings. The third-order valence-corrected chi connectivity index (χ3v) is 2.70. The molecule has 1 aliphatic heterocycles. The molecule has 1 aromatic carbocycles. The number of nitrogens with zero attached hydrogens (tertiary/aromatic N) is 1. The lowest BCUT2D eigenvalue weighted by atomic mass is 10.1. The van der Waals surface area contributed by atoms with Crippen molar-refractivity contribution in [2.24, 2.45) is 5.73 Å². The Bertz CT molecular complexity index is 378. The van der Waals surface area contributed by atoms with Gasteiger partial charge in [-0.15, -0.1) is 0 Å². The second-order valence-corrected chi connectivity index (χ2v) is 3.89. The van der Waals surface area contributed by atoms with Crippen molar-refractivity contribution in [1.82, 2.24) is 4.90 Å². The fourth-order valence-corrected chi connectivity index (χ4v) is 1.83. The molecule has 0 spiro atoms. The third kappa shape index (κ3) is 1.94. The van der Waals surface area contributed by atoms with E-state index in [2.05, 4.69) is 0 Å². The highest BCUT2D eigenvalue weighted by atomic mass is 16.2. The van der Waals surface area contributed by atoms with Gasteiger partial charge in [-0.2, -0.15) is 0 Å². The van der Waals surface area contributed by atoms with Crippen LogP contribution in [0.3, 0.4) is 0 Å². The lowest BCUT2D eigenvalue weighted by Crippen LogP contribution is -2.32. The van der Waals surface area contributed by atoms with Gasteiger partial charge in [-0.1, -0.05) is 12.1 Å². The quantitative estimate of drug-likeness (QED) is 0.653. The van der Waals surface area contributed by atoms with E-state index in [1.807, 2.05) is 12.1 Å². The van der Waals surface area contributed by atoms with Crippen LogP contribution >= 0.6 is 0 Å². The number of benzene rings is 1. The van der Waals surface area contributed by atoms with E-state index in [0.29, 0.717) is 17.8 Å². The number of nitrogens with two attached hydrogens (primary N) is 2. The Kier molecular flexibility index (Phi) is 2.60. The third-order valence-electron chi connectivity index (χ3n) is 2.70. The smallest absolute Gasteiger partial charge is 0.255 e. The highest BCUT2D eigenvalue weighted by Gasteiger charge is 2.25. The summed E-state index contributed by atoms with van der Waals surface area (Å²) in [5.74, 6) is -0.0129. The number of likely N-dealkylation sites (tertiary alicyclic amines) is 1. The summed E-state index contributed by atoms with van der Waals surface area (Å²) >= 11 is 0. The van der Waals surface area contributed by atoms with E-state index in [4.69, 9.17) is 11.5 Å². The molecule has 80 valence electrons. The Morgan fingerprint density at radius 2 is 2.13 bits per heavy atom. The van der Waals surface area contributed by atoms with Crippen molar-refractivity contribution >= 4 is 11.6 Å². The van der Waals surface area contributed by atoms with E-state index in [1.165, 1.54) is 0 Å². The van der Waals surface area contributed by atoms with Gasteiger partial charge in [-0.05, 0) is 18.6 Å². The SMILES string of the molecule is Nc1ccccc1C(=O)N1CCC(N)C1. The number of carbonyl (C=O) groups excluding carboxylic acids is 1. The molecule has 0 saturated carbocycles. The summed E-state index contributed by atoms with van der Waals surface area (Å²) in [5, 5.41) is 0. The highest BCUT2D eigenvalue weighted by molar-refractivity contribution is 5.99. The second-order valence-electron chi connectivity index (χ2n) is 3.89. The summed E-state index contributed by atoms with van der Waals surface area (Å²) in [6.45, 7) is 1.36. The van der Waals surface area contributed by atoms with Gasteiger partial charge in [-0.25, -0.2) is 0 Å². The van der Waals surface area contributed by atoms with Crippen LogP contribution in [0.15, 0.2) is 24.3 Å². The molecule has 1 aliphatic rings. The van der Waals surface area contributed by atoms with Gasteiger partial charge in [-0.3, -0.25) is 4.79 Å². The van der Waals surface area contributed by atoms with Gasteiger partial charge in [0.1, 0.15) is 0 Å². The van der Waals surface area contributed by atoms with E-state index in [9.17, 15) is 4.79 Å². The van der Waals surface area contributed by atoms with Gasteiger partial charge >= 0.3 is 0 Å². The first-order valence-corrected chi connectivity index (χ1v) is 5.08. The molecular formula is C11H15N3O. The summed E-state index contributed by atoms with van der Waals surface area (Å²) < 4.78 is 0. The zero-order valence-electron chi connectivity index (χ0n) is 8.52. The van der Waals surface area contributed by atoms with Crippen LogP contribution in [0.2, 0.25) is 0 Å². The Morgan fingerprint density at radius 3 is 2.73 bits per heavy atom. The number of nitrogen functional groups attached to an aromatic ring is 1. The Hall–Kier alpha value is -1.55. The van der Waals surface area contributed by atoms with Gasteiger partial charge in [0, 0.05) is 24.8 Å². The first-order chi connectivity index (χ1) is 7.18. The first-order valence-electron chi connectivity index (χ1n) is 5.08. The number of rotatable bonds is 1. The number of anilines is 1.